The molecule has 0 fully saturated rings. The molecule has 0 atom stereocenters. The summed E-state index contributed by atoms with van der Waals surface area (Å²) in [7, 11) is 0. The Balaban J connectivity index is 2.01. The summed E-state index contributed by atoms with van der Waals surface area (Å²) in [6, 6.07) is 10.2. The van der Waals surface area contributed by atoms with Crippen LogP contribution in [0.4, 0.5) is 10.7 Å². The normalized spacial score (nSPS) is 10.8. The highest BCUT2D eigenvalue weighted by molar-refractivity contribution is 7.16. The third-order valence-electron chi connectivity index (χ3n) is 2.33. The molecule has 0 saturated heterocycles. The summed E-state index contributed by atoms with van der Waals surface area (Å²) in [5.41, 5.74) is 0.720. The molecule has 0 aliphatic heterocycles. The Bertz CT molecular complexity index is 607. The molecule has 20 heavy (non-hydrogen) atoms. The lowest BCUT2D eigenvalue weighted by Gasteiger charge is -2.03. The predicted molar refractivity (Wildman–Crippen MR) is 77.3 cm³/mol. The molecule has 7 heteroatoms. The van der Waals surface area contributed by atoms with Gasteiger partial charge in [-0.15, -0.1) is 0 Å². The van der Waals surface area contributed by atoms with Crippen molar-refractivity contribution in [3.8, 4) is 5.75 Å². The molecular formula is C13H12N2O4S. The molecule has 0 aliphatic carbocycles. The Morgan fingerprint density at radius 2 is 2.05 bits per heavy atom. The SMILES string of the molecule is O=[N+]([O-])c1ccc(C=Nc2ccc(OCCO)cc2)s1. The van der Waals surface area contributed by atoms with Crippen molar-refractivity contribution >= 4 is 28.2 Å². The van der Waals surface area contributed by atoms with E-state index in [2.05, 4.69) is 4.99 Å². The molecule has 0 saturated carbocycles. The van der Waals surface area contributed by atoms with E-state index in [4.69, 9.17) is 9.84 Å². The van der Waals surface area contributed by atoms with Crippen LogP contribution in [0.2, 0.25) is 0 Å². The fourth-order valence-electron chi connectivity index (χ4n) is 1.44. The molecule has 1 aromatic heterocycles. The van der Waals surface area contributed by atoms with Gasteiger partial charge in [0, 0.05) is 12.3 Å². The van der Waals surface area contributed by atoms with E-state index < -0.39 is 4.92 Å². The Morgan fingerprint density at radius 1 is 1.30 bits per heavy atom. The third kappa shape index (κ3) is 3.87. The summed E-state index contributed by atoms with van der Waals surface area (Å²) in [6.45, 7) is 0.221. The first-order valence-electron chi connectivity index (χ1n) is 5.81. The number of hydrogen-bond donors (Lipinski definition) is 1. The number of hydrogen-bond acceptors (Lipinski definition) is 6. The quantitative estimate of drug-likeness (QED) is 0.504. The van der Waals surface area contributed by atoms with Crippen molar-refractivity contribution in [2.75, 3.05) is 13.2 Å². The maximum Gasteiger partial charge on any atom is 0.324 e. The Hall–Kier alpha value is -2.25. The fourth-order valence-corrected chi connectivity index (χ4v) is 2.13. The van der Waals surface area contributed by atoms with Gasteiger partial charge in [-0.05, 0) is 30.3 Å². The van der Waals surface area contributed by atoms with Crippen LogP contribution in [0.15, 0.2) is 41.4 Å². The van der Waals surface area contributed by atoms with Crippen molar-refractivity contribution in [2.24, 2.45) is 4.99 Å². The highest BCUT2D eigenvalue weighted by Gasteiger charge is 2.07. The topological polar surface area (TPSA) is 85.0 Å². The van der Waals surface area contributed by atoms with Crippen LogP contribution >= 0.6 is 11.3 Å². The van der Waals surface area contributed by atoms with Gasteiger partial charge in [0.15, 0.2) is 0 Å². The molecule has 2 rings (SSSR count). The van der Waals surface area contributed by atoms with Gasteiger partial charge >= 0.3 is 5.00 Å². The number of aliphatic hydroxyl groups excluding tert-OH is 1. The van der Waals surface area contributed by atoms with E-state index in [1.165, 1.54) is 6.07 Å². The number of nitrogens with zero attached hydrogens (tertiary/aromatic N) is 2. The zero-order chi connectivity index (χ0) is 14.4. The average Bonchev–Trinajstić information content (AvgIpc) is 2.93. The minimum absolute atomic E-state index is 0.0307. The van der Waals surface area contributed by atoms with Crippen molar-refractivity contribution in [2.45, 2.75) is 0 Å². The molecule has 0 amide bonds. The molecule has 0 unspecified atom stereocenters. The number of nitro groups is 1. The molecule has 0 bridgehead atoms. The van der Waals surface area contributed by atoms with Crippen LogP contribution in [0.25, 0.3) is 0 Å². The number of ether oxygens (including phenoxy) is 1. The largest absolute Gasteiger partial charge is 0.491 e. The predicted octanol–water partition coefficient (Wildman–Crippen LogP) is 2.78. The summed E-state index contributed by atoms with van der Waals surface area (Å²) < 4.78 is 5.23. The minimum atomic E-state index is -0.421. The summed E-state index contributed by atoms with van der Waals surface area (Å²) >= 11 is 1.07. The zero-order valence-corrected chi connectivity index (χ0v) is 11.2. The number of rotatable bonds is 6. The van der Waals surface area contributed by atoms with Crippen LogP contribution in [0.5, 0.6) is 5.75 Å². The van der Waals surface area contributed by atoms with Crippen LogP contribution in [-0.4, -0.2) is 29.5 Å². The Morgan fingerprint density at radius 3 is 2.65 bits per heavy atom. The molecule has 6 nitrogen and oxygen atoms in total. The van der Waals surface area contributed by atoms with Crippen LogP contribution in [-0.2, 0) is 0 Å². The molecule has 0 spiro atoms. The average molecular weight is 292 g/mol. The number of aliphatic hydroxyl groups is 1. The Labute approximate surface area is 119 Å². The van der Waals surface area contributed by atoms with Gasteiger partial charge in [-0.1, -0.05) is 11.3 Å². The van der Waals surface area contributed by atoms with Gasteiger partial charge in [0.1, 0.15) is 12.4 Å². The van der Waals surface area contributed by atoms with Crippen molar-refractivity contribution in [1.82, 2.24) is 0 Å². The van der Waals surface area contributed by atoms with Gasteiger partial charge in [-0.3, -0.25) is 15.1 Å². The lowest BCUT2D eigenvalue weighted by molar-refractivity contribution is -0.380. The van der Waals surface area contributed by atoms with E-state index in [0.717, 1.165) is 21.9 Å². The van der Waals surface area contributed by atoms with E-state index >= 15 is 0 Å². The first kappa shape index (κ1) is 14.2. The minimum Gasteiger partial charge on any atom is -0.491 e. The summed E-state index contributed by atoms with van der Waals surface area (Å²) in [6.07, 6.45) is 1.58. The monoisotopic (exact) mass is 292 g/mol. The van der Waals surface area contributed by atoms with Gasteiger partial charge in [0.2, 0.25) is 0 Å². The molecule has 2 aromatic rings. The van der Waals surface area contributed by atoms with E-state index in [1.54, 1.807) is 36.5 Å². The van der Waals surface area contributed by atoms with Crippen molar-refractivity contribution < 1.29 is 14.8 Å². The van der Waals surface area contributed by atoms with E-state index in [-0.39, 0.29) is 18.2 Å². The van der Waals surface area contributed by atoms with E-state index in [0.29, 0.717) is 5.75 Å². The maximum absolute atomic E-state index is 10.6. The summed E-state index contributed by atoms with van der Waals surface area (Å²) in [4.78, 5) is 15.1. The van der Waals surface area contributed by atoms with Crippen molar-refractivity contribution in [3.05, 3.63) is 51.4 Å². The highest BCUT2D eigenvalue weighted by Crippen LogP contribution is 2.23. The Kier molecular flexibility index (Phi) is 4.80. The molecule has 1 heterocycles. The fraction of sp³-hybridized carbons (Fsp3) is 0.154. The lowest BCUT2D eigenvalue weighted by Crippen LogP contribution is -2.00. The zero-order valence-electron chi connectivity index (χ0n) is 10.4. The molecule has 0 radical (unpaired) electrons. The van der Waals surface area contributed by atoms with Gasteiger partial charge < -0.3 is 9.84 Å². The van der Waals surface area contributed by atoms with Crippen molar-refractivity contribution in [3.63, 3.8) is 0 Å². The molecule has 1 N–H and O–H groups in total. The van der Waals surface area contributed by atoms with E-state index in [1.807, 2.05) is 0 Å². The highest BCUT2D eigenvalue weighted by atomic mass is 32.1. The smallest absolute Gasteiger partial charge is 0.324 e. The molecule has 1 aromatic carbocycles. The third-order valence-corrected chi connectivity index (χ3v) is 3.30. The number of benzene rings is 1. The van der Waals surface area contributed by atoms with Crippen LogP contribution in [0.1, 0.15) is 4.88 Å². The lowest BCUT2D eigenvalue weighted by atomic mass is 10.3. The van der Waals surface area contributed by atoms with Crippen LogP contribution in [0.3, 0.4) is 0 Å². The van der Waals surface area contributed by atoms with Gasteiger partial charge in [-0.2, -0.15) is 0 Å². The van der Waals surface area contributed by atoms with Gasteiger partial charge in [-0.25, -0.2) is 0 Å². The molecular weight excluding hydrogens is 280 g/mol. The molecule has 104 valence electrons. The van der Waals surface area contributed by atoms with Gasteiger partial charge in [0.05, 0.1) is 22.1 Å². The molecule has 0 aliphatic rings. The van der Waals surface area contributed by atoms with Crippen molar-refractivity contribution in [1.29, 1.82) is 0 Å². The maximum atomic E-state index is 10.6. The second-order valence-electron chi connectivity index (χ2n) is 3.76. The summed E-state index contributed by atoms with van der Waals surface area (Å²) in [5.74, 6) is 0.657. The second-order valence-corrected chi connectivity index (χ2v) is 4.85. The number of thiophene rings is 1. The standard InChI is InChI=1S/C13H12N2O4S/c16-7-8-19-11-3-1-10(2-4-11)14-9-12-5-6-13(20-12)15(17)18/h1-6,9,16H,7-8H2. The summed E-state index contributed by atoms with van der Waals surface area (Å²) in [5, 5.41) is 19.3. The van der Waals surface area contributed by atoms with Crippen LogP contribution in [0, 0.1) is 10.1 Å². The first-order valence-corrected chi connectivity index (χ1v) is 6.63. The second kappa shape index (κ2) is 6.78. The van der Waals surface area contributed by atoms with E-state index in [9.17, 15) is 10.1 Å². The first-order chi connectivity index (χ1) is 9.69. The van der Waals surface area contributed by atoms with Gasteiger partial charge in [0.25, 0.3) is 0 Å². The van der Waals surface area contributed by atoms with Crippen LogP contribution < -0.4 is 4.74 Å². The number of aliphatic imine (C=N–C) groups is 1.